The Morgan fingerprint density at radius 2 is 2.15 bits per heavy atom. The second-order valence-corrected chi connectivity index (χ2v) is 4.13. The highest BCUT2D eigenvalue weighted by Gasteiger charge is 2.12. The molecule has 0 bridgehead atoms. The number of pyridine rings is 1. The molecule has 3 aromatic rings. The SMILES string of the molecule is COC(=O)c1ncn(-c2ccc3cc(N)ccc3n2)n1. The molecule has 3 rings (SSSR count). The number of fused-ring (bicyclic) bond motifs is 1. The summed E-state index contributed by atoms with van der Waals surface area (Å²) >= 11 is 0. The summed E-state index contributed by atoms with van der Waals surface area (Å²) in [4.78, 5) is 19.6. The van der Waals surface area contributed by atoms with Crippen molar-refractivity contribution in [3.05, 3.63) is 42.5 Å². The first-order valence-corrected chi connectivity index (χ1v) is 5.84. The Bertz CT molecular complexity index is 796. The van der Waals surface area contributed by atoms with Gasteiger partial charge in [0.05, 0.1) is 12.6 Å². The average molecular weight is 269 g/mol. The van der Waals surface area contributed by atoms with Gasteiger partial charge in [-0.2, -0.15) is 0 Å². The molecule has 0 radical (unpaired) electrons. The number of carbonyl (C=O) groups excluding carboxylic acids is 1. The van der Waals surface area contributed by atoms with Crippen LogP contribution in [-0.2, 0) is 4.74 Å². The number of ether oxygens (including phenoxy) is 1. The highest BCUT2D eigenvalue weighted by molar-refractivity contribution is 5.85. The first-order chi connectivity index (χ1) is 9.67. The van der Waals surface area contributed by atoms with Gasteiger partial charge in [-0.3, -0.25) is 0 Å². The summed E-state index contributed by atoms with van der Waals surface area (Å²) in [6, 6.07) is 9.10. The number of aromatic nitrogens is 4. The molecule has 0 amide bonds. The van der Waals surface area contributed by atoms with E-state index in [0.29, 0.717) is 11.5 Å². The molecule has 20 heavy (non-hydrogen) atoms. The fourth-order valence-electron chi connectivity index (χ4n) is 1.82. The second kappa shape index (κ2) is 4.61. The molecule has 2 aromatic heterocycles. The van der Waals surface area contributed by atoms with Crippen LogP contribution in [0, 0.1) is 0 Å². The van der Waals surface area contributed by atoms with Crippen LogP contribution in [0.3, 0.4) is 0 Å². The molecular weight excluding hydrogens is 258 g/mol. The Kier molecular flexibility index (Phi) is 2.79. The van der Waals surface area contributed by atoms with Gasteiger partial charge in [0, 0.05) is 11.1 Å². The number of methoxy groups -OCH3 is 1. The van der Waals surface area contributed by atoms with Gasteiger partial charge in [0.25, 0.3) is 5.82 Å². The van der Waals surface area contributed by atoms with Crippen molar-refractivity contribution < 1.29 is 9.53 Å². The topological polar surface area (TPSA) is 95.9 Å². The number of hydrogen-bond acceptors (Lipinski definition) is 6. The minimum absolute atomic E-state index is 0.00768. The van der Waals surface area contributed by atoms with E-state index >= 15 is 0 Å². The average Bonchev–Trinajstić information content (AvgIpc) is 2.95. The lowest BCUT2D eigenvalue weighted by Gasteiger charge is -2.02. The van der Waals surface area contributed by atoms with Crippen LogP contribution in [0.25, 0.3) is 16.7 Å². The summed E-state index contributed by atoms with van der Waals surface area (Å²) in [7, 11) is 1.28. The number of nitrogens with two attached hydrogens (primary N) is 1. The Labute approximate surface area is 114 Å². The lowest BCUT2D eigenvalue weighted by atomic mass is 10.2. The van der Waals surface area contributed by atoms with Crippen molar-refractivity contribution in [2.75, 3.05) is 12.8 Å². The van der Waals surface area contributed by atoms with Gasteiger partial charge in [-0.25, -0.2) is 19.4 Å². The van der Waals surface area contributed by atoms with Crippen LogP contribution in [0.4, 0.5) is 5.69 Å². The highest BCUT2D eigenvalue weighted by atomic mass is 16.5. The van der Waals surface area contributed by atoms with Gasteiger partial charge in [0.1, 0.15) is 6.33 Å². The number of hydrogen-bond donors (Lipinski definition) is 1. The van der Waals surface area contributed by atoms with E-state index in [1.165, 1.54) is 18.1 Å². The summed E-state index contributed by atoms with van der Waals surface area (Å²) in [5, 5.41) is 4.95. The smallest absolute Gasteiger partial charge is 0.377 e. The van der Waals surface area contributed by atoms with Crippen molar-refractivity contribution in [1.29, 1.82) is 0 Å². The summed E-state index contributed by atoms with van der Waals surface area (Å²) in [6.45, 7) is 0. The fraction of sp³-hybridized carbons (Fsp3) is 0.0769. The number of nitrogens with zero attached hydrogens (tertiary/aromatic N) is 4. The largest absolute Gasteiger partial charge is 0.463 e. The molecule has 1 aromatic carbocycles. The first-order valence-electron chi connectivity index (χ1n) is 5.84. The lowest BCUT2D eigenvalue weighted by molar-refractivity contribution is 0.0587. The minimum atomic E-state index is -0.586. The number of rotatable bonds is 2. The molecule has 0 atom stereocenters. The Morgan fingerprint density at radius 1 is 1.30 bits per heavy atom. The predicted octanol–water partition coefficient (Wildman–Crippen LogP) is 1.18. The van der Waals surface area contributed by atoms with Crippen molar-refractivity contribution >= 4 is 22.6 Å². The molecule has 0 unspecified atom stereocenters. The summed E-state index contributed by atoms with van der Waals surface area (Å²) in [5.41, 5.74) is 7.18. The Hall–Kier alpha value is -2.96. The predicted molar refractivity (Wildman–Crippen MR) is 72.4 cm³/mol. The maximum absolute atomic E-state index is 11.3. The number of carbonyl (C=O) groups is 1. The molecule has 0 aliphatic carbocycles. The fourth-order valence-corrected chi connectivity index (χ4v) is 1.82. The quantitative estimate of drug-likeness (QED) is 0.554. The van der Waals surface area contributed by atoms with E-state index in [-0.39, 0.29) is 5.82 Å². The molecule has 0 aliphatic rings. The van der Waals surface area contributed by atoms with E-state index in [0.717, 1.165) is 10.9 Å². The number of anilines is 1. The number of esters is 1. The zero-order valence-electron chi connectivity index (χ0n) is 10.6. The van der Waals surface area contributed by atoms with Crippen molar-refractivity contribution in [1.82, 2.24) is 19.7 Å². The maximum Gasteiger partial charge on any atom is 0.377 e. The Morgan fingerprint density at radius 3 is 2.95 bits per heavy atom. The molecule has 100 valence electrons. The van der Waals surface area contributed by atoms with Gasteiger partial charge in [0.2, 0.25) is 0 Å². The standard InChI is InChI=1S/C13H11N5O2/c1-20-13(19)12-15-7-18(17-12)11-5-2-8-6-9(14)3-4-10(8)16-11/h2-7H,14H2,1H3. The maximum atomic E-state index is 11.3. The number of benzene rings is 1. The van der Waals surface area contributed by atoms with E-state index in [4.69, 9.17) is 5.73 Å². The normalized spacial score (nSPS) is 10.7. The molecule has 7 heteroatoms. The molecule has 0 aliphatic heterocycles. The van der Waals surface area contributed by atoms with Gasteiger partial charge in [-0.15, -0.1) is 5.10 Å². The third kappa shape index (κ3) is 2.05. The molecule has 2 heterocycles. The highest BCUT2D eigenvalue weighted by Crippen LogP contribution is 2.17. The molecule has 0 fully saturated rings. The van der Waals surface area contributed by atoms with Gasteiger partial charge < -0.3 is 10.5 Å². The molecule has 0 saturated carbocycles. The van der Waals surface area contributed by atoms with E-state index in [1.54, 1.807) is 12.1 Å². The molecule has 2 N–H and O–H groups in total. The van der Waals surface area contributed by atoms with Crippen molar-refractivity contribution in [3.8, 4) is 5.82 Å². The van der Waals surface area contributed by atoms with Gasteiger partial charge >= 0.3 is 5.97 Å². The van der Waals surface area contributed by atoms with E-state index in [9.17, 15) is 4.79 Å². The van der Waals surface area contributed by atoms with E-state index < -0.39 is 5.97 Å². The summed E-state index contributed by atoms with van der Waals surface area (Å²) in [5.74, 6) is -0.0334. The van der Waals surface area contributed by atoms with Crippen LogP contribution < -0.4 is 5.73 Å². The van der Waals surface area contributed by atoms with Crippen LogP contribution in [0.5, 0.6) is 0 Å². The number of nitrogen functional groups attached to an aromatic ring is 1. The zero-order valence-corrected chi connectivity index (χ0v) is 10.6. The molecular formula is C13H11N5O2. The molecule has 0 saturated heterocycles. The lowest BCUT2D eigenvalue weighted by Crippen LogP contribution is -2.05. The molecule has 0 spiro atoms. The zero-order chi connectivity index (χ0) is 14.1. The molecule has 7 nitrogen and oxygen atoms in total. The van der Waals surface area contributed by atoms with Crippen molar-refractivity contribution in [3.63, 3.8) is 0 Å². The van der Waals surface area contributed by atoms with Crippen LogP contribution in [0.2, 0.25) is 0 Å². The summed E-state index contributed by atoms with van der Waals surface area (Å²) < 4.78 is 5.98. The van der Waals surface area contributed by atoms with E-state index in [2.05, 4.69) is 19.8 Å². The van der Waals surface area contributed by atoms with Crippen LogP contribution in [-0.4, -0.2) is 32.8 Å². The van der Waals surface area contributed by atoms with E-state index in [1.807, 2.05) is 18.2 Å². The monoisotopic (exact) mass is 269 g/mol. The third-order valence-corrected chi connectivity index (χ3v) is 2.79. The van der Waals surface area contributed by atoms with Gasteiger partial charge in [-0.05, 0) is 30.3 Å². The van der Waals surface area contributed by atoms with Crippen molar-refractivity contribution in [2.24, 2.45) is 0 Å². The first kappa shape index (κ1) is 12.1. The second-order valence-electron chi connectivity index (χ2n) is 4.13. The van der Waals surface area contributed by atoms with Crippen LogP contribution in [0.1, 0.15) is 10.6 Å². The van der Waals surface area contributed by atoms with Gasteiger partial charge in [-0.1, -0.05) is 0 Å². The van der Waals surface area contributed by atoms with Crippen LogP contribution >= 0.6 is 0 Å². The Balaban J connectivity index is 2.03. The van der Waals surface area contributed by atoms with Crippen LogP contribution in [0.15, 0.2) is 36.7 Å². The minimum Gasteiger partial charge on any atom is -0.463 e. The van der Waals surface area contributed by atoms with Gasteiger partial charge in [0.15, 0.2) is 5.82 Å². The third-order valence-electron chi connectivity index (χ3n) is 2.79. The summed E-state index contributed by atoms with van der Waals surface area (Å²) in [6.07, 6.45) is 1.41. The van der Waals surface area contributed by atoms with Crippen molar-refractivity contribution in [2.45, 2.75) is 0 Å².